The fourth-order valence-electron chi connectivity index (χ4n) is 2.93. The van der Waals surface area contributed by atoms with Crippen molar-refractivity contribution in [3.05, 3.63) is 65.6 Å². The van der Waals surface area contributed by atoms with E-state index in [1.165, 1.54) is 13.0 Å². The van der Waals surface area contributed by atoms with Gasteiger partial charge in [-0.2, -0.15) is 0 Å². The molecule has 0 aliphatic rings. The fraction of sp³-hybridized carbons (Fsp3) is 0.227. The molecule has 144 valence electrons. The highest BCUT2D eigenvalue weighted by Gasteiger charge is 2.13. The van der Waals surface area contributed by atoms with Crippen LogP contribution in [-0.2, 0) is 11.4 Å². The van der Waals surface area contributed by atoms with Crippen molar-refractivity contribution in [3.8, 4) is 5.75 Å². The fourth-order valence-corrected chi connectivity index (χ4v) is 2.93. The third kappa shape index (κ3) is 4.34. The summed E-state index contributed by atoms with van der Waals surface area (Å²) < 4.78 is 19.8. The van der Waals surface area contributed by atoms with Crippen LogP contribution in [0.25, 0.3) is 10.9 Å². The summed E-state index contributed by atoms with van der Waals surface area (Å²) >= 11 is 0. The van der Waals surface area contributed by atoms with Crippen molar-refractivity contribution in [3.63, 3.8) is 0 Å². The van der Waals surface area contributed by atoms with E-state index in [0.717, 1.165) is 6.42 Å². The molecule has 3 aromatic rings. The van der Waals surface area contributed by atoms with Crippen molar-refractivity contribution >= 4 is 28.3 Å². The van der Waals surface area contributed by atoms with E-state index in [1.807, 2.05) is 6.92 Å². The second-order valence-corrected chi connectivity index (χ2v) is 6.46. The van der Waals surface area contributed by atoms with Gasteiger partial charge in [-0.15, -0.1) is 0 Å². The van der Waals surface area contributed by atoms with Gasteiger partial charge in [0.25, 0.3) is 0 Å². The molecule has 6 heteroatoms. The van der Waals surface area contributed by atoms with Crippen LogP contribution in [0.15, 0.2) is 48.7 Å². The molecule has 0 bridgehead atoms. The summed E-state index contributed by atoms with van der Waals surface area (Å²) in [5.41, 5.74) is 2.15. The number of carbonyl (C=O) groups is 2. The number of ether oxygens (including phenoxy) is 1. The Hall–Kier alpha value is -3.28. The van der Waals surface area contributed by atoms with Crippen LogP contribution in [0, 0.1) is 5.82 Å². The summed E-state index contributed by atoms with van der Waals surface area (Å²) in [7, 11) is 0. The maximum Gasteiger partial charge on any atom is 0.224 e. The number of carbonyl (C=O) groups excluding carboxylic acids is 2. The van der Waals surface area contributed by atoms with Crippen molar-refractivity contribution < 1.29 is 18.7 Å². The molecule has 2 aromatic carbocycles. The monoisotopic (exact) mass is 380 g/mol. The van der Waals surface area contributed by atoms with Crippen LogP contribution in [-0.4, -0.2) is 16.7 Å². The highest BCUT2D eigenvalue weighted by Crippen LogP contribution is 2.26. The van der Waals surface area contributed by atoms with Crippen LogP contribution in [0.2, 0.25) is 0 Å². The van der Waals surface area contributed by atoms with E-state index in [1.54, 1.807) is 42.6 Å². The van der Waals surface area contributed by atoms with Gasteiger partial charge in [0.2, 0.25) is 5.91 Å². The van der Waals surface area contributed by atoms with E-state index in [9.17, 15) is 14.0 Å². The van der Waals surface area contributed by atoms with Gasteiger partial charge in [-0.1, -0.05) is 13.0 Å². The predicted molar refractivity (Wildman–Crippen MR) is 106 cm³/mol. The average Bonchev–Trinajstić information content (AvgIpc) is 2.68. The predicted octanol–water partition coefficient (Wildman–Crippen LogP) is 4.89. The number of pyridine rings is 1. The van der Waals surface area contributed by atoms with E-state index in [4.69, 9.17) is 4.74 Å². The molecule has 0 aliphatic heterocycles. The van der Waals surface area contributed by atoms with Crippen molar-refractivity contribution in [2.45, 2.75) is 33.3 Å². The molecule has 0 aliphatic carbocycles. The first-order valence-corrected chi connectivity index (χ1v) is 9.09. The van der Waals surface area contributed by atoms with Crippen molar-refractivity contribution in [2.24, 2.45) is 0 Å². The third-order valence-electron chi connectivity index (χ3n) is 4.30. The summed E-state index contributed by atoms with van der Waals surface area (Å²) in [5, 5.41) is 3.19. The van der Waals surface area contributed by atoms with Gasteiger partial charge < -0.3 is 10.1 Å². The zero-order valence-corrected chi connectivity index (χ0v) is 15.8. The number of fused-ring (bicyclic) bond motifs is 1. The Balaban J connectivity index is 1.84. The van der Waals surface area contributed by atoms with E-state index in [2.05, 4.69) is 10.3 Å². The molecule has 1 amide bonds. The highest BCUT2D eigenvalue weighted by atomic mass is 19.1. The second kappa shape index (κ2) is 8.61. The van der Waals surface area contributed by atoms with Crippen molar-refractivity contribution in [1.82, 2.24) is 4.98 Å². The van der Waals surface area contributed by atoms with Crippen LogP contribution in [0.3, 0.4) is 0 Å². The molecule has 0 spiro atoms. The summed E-state index contributed by atoms with van der Waals surface area (Å²) in [6.07, 6.45) is 2.75. The van der Waals surface area contributed by atoms with Crippen LogP contribution in [0.1, 0.15) is 42.6 Å². The molecule has 5 nitrogen and oxygen atoms in total. The number of anilines is 1. The number of nitrogens with zero attached hydrogens (tertiary/aromatic N) is 1. The zero-order chi connectivity index (χ0) is 20.1. The van der Waals surface area contributed by atoms with Gasteiger partial charge in [0, 0.05) is 29.3 Å². The van der Waals surface area contributed by atoms with Gasteiger partial charge >= 0.3 is 0 Å². The van der Waals surface area contributed by atoms with E-state index in [-0.39, 0.29) is 24.1 Å². The number of aromatic nitrogens is 1. The lowest BCUT2D eigenvalue weighted by atomic mass is 10.1. The topological polar surface area (TPSA) is 68.3 Å². The molecule has 1 heterocycles. The number of rotatable bonds is 7. The van der Waals surface area contributed by atoms with Gasteiger partial charge in [-0.25, -0.2) is 4.39 Å². The van der Waals surface area contributed by atoms with Crippen LogP contribution in [0.5, 0.6) is 5.75 Å². The van der Waals surface area contributed by atoms with E-state index in [0.29, 0.717) is 39.9 Å². The summed E-state index contributed by atoms with van der Waals surface area (Å²) in [6.45, 7) is 3.50. The van der Waals surface area contributed by atoms with Crippen LogP contribution >= 0.6 is 0 Å². The minimum atomic E-state index is -0.344. The Bertz CT molecular complexity index is 1030. The molecule has 0 saturated heterocycles. The van der Waals surface area contributed by atoms with E-state index < -0.39 is 0 Å². The number of amides is 1. The average molecular weight is 380 g/mol. The number of Topliss-reactive ketones (excluding diaryl/α,β-unsaturated/α-hetero) is 1. The standard InChI is InChI=1S/C22H21FN2O3/c1-3-5-21(27)25-16-8-10-20(18(12-16)14(2)26)28-13-15-7-9-19(23)17-6-4-11-24-22(15)17/h4,6-12H,3,5,13H2,1-2H3,(H,25,27). The Morgan fingerprint density at radius 1 is 1.18 bits per heavy atom. The maximum absolute atomic E-state index is 13.9. The summed E-state index contributed by atoms with van der Waals surface area (Å²) in [5.74, 6) is -0.226. The lowest BCUT2D eigenvalue weighted by Crippen LogP contribution is -2.11. The van der Waals surface area contributed by atoms with E-state index >= 15 is 0 Å². The van der Waals surface area contributed by atoms with Gasteiger partial charge in [-0.05, 0) is 49.7 Å². The van der Waals surface area contributed by atoms with Crippen LogP contribution in [0.4, 0.5) is 10.1 Å². The van der Waals surface area contributed by atoms with Crippen molar-refractivity contribution in [2.75, 3.05) is 5.32 Å². The van der Waals surface area contributed by atoms with Crippen molar-refractivity contribution in [1.29, 1.82) is 0 Å². The van der Waals surface area contributed by atoms with Gasteiger partial charge in [0.15, 0.2) is 5.78 Å². The minimum absolute atomic E-state index is 0.102. The first kappa shape index (κ1) is 19.5. The highest BCUT2D eigenvalue weighted by molar-refractivity contribution is 5.99. The molecule has 1 aromatic heterocycles. The van der Waals surface area contributed by atoms with Gasteiger partial charge in [0.05, 0.1) is 11.1 Å². The third-order valence-corrected chi connectivity index (χ3v) is 4.30. The molecule has 3 rings (SSSR count). The SMILES string of the molecule is CCCC(=O)Nc1ccc(OCc2ccc(F)c3cccnc23)c(C(C)=O)c1. The molecular weight excluding hydrogens is 359 g/mol. The number of halogens is 1. The molecular formula is C22H21FN2O3. The largest absolute Gasteiger partial charge is 0.488 e. The van der Waals surface area contributed by atoms with Gasteiger partial charge in [-0.3, -0.25) is 14.6 Å². The zero-order valence-electron chi connectivity index (χ0n) is 15.8. The number of hydrogen-bond donors (Lipinski definition) is 1. The molecule has 0 atom stereocenters. The Labute approximate surface area is 162 Å². The van der Waals surface area contributed by atoms with Crippen LogP contribution < -0.4 is 10.1 Å². The molecule has 1 N–H and O–H groups in total. The summed E-state index contributed by atoms with van der Waals surface area (Å²) in [6, 6.07) is 11.3. The first-order valence-electron chi connectivity index (χ1n) is 9.09. The first-order chi connectivity index (χ1) is 13.5. The molecule has 0 radical (unpaired) electrons. The number of benzene rings is 2. The Morgan fingerprint density at radius 3 is 2.75 bits per heavy atom. The number of ketones is 1. The maximum atomic E-state index is 13.9. The Morgan fingerprint density at radius 2 is 2.00 bits per heavy atom. The second-order valence-electron chi connectivity index (χ2n) is 6.46. The smallest absolute Gasteiger partial charge is 0.224 e. The molecule has 0 unspecified atom stereocenters. The Kier molecular flexibility index (Phi) is 5.99. The number of hydrogen-bond acceptors (Lipinski definition) is 4. The normalized spacial score (nSPS) is 10.7. The lowest BCUT2D eigenvalue weighted by Gasteiger charge is -2.13. The lowest BCUT2D eigenvalue weighted by molar-refractivity contribution is -0.116. The number of nitrogens with one attached hydrogen (secondary N) is 1. The molecule has 28 heavy (non-hydrogen) atoms. The molecule has 0 fully saturated rings. The summed E-state index contributed by atoms with van der Waals surface area (Å²) in [4.78, 5) is 28.1. The minimum Gasteiger partial charge on any atom is -0.488 e. The van der Waals surface area contributed by atoms with Gasteiger partial charge in [0.1, 0.15) is 18.2 Å². The quantitative estimate of drug-likeness (QED) is 0.592. The molecule has 0 saturated carbocycles.